The van der Waals surface area contributed by atoms with Gasteiger partial charge in [0.25, 0.3) is 11.8 Å². The van der Waals surface area contributed by atoms with Crippen LogP contribution in [0.2, 0.25) is 0 Å². The van der Waals surface area contributed by atoms with Gasteiger partial charge < -0.3 is 14.6 Å². The number of rotatable bonds is 5. The van der Waals surface area contributed by atoms with Crippen LogP contribution in [0.1, 0.15) is 34.3 Å². The second kappa shape index (κ2) is 7.42. The molecule has 0 radical (unpaired) electrons. The van der Waals surface area contributed by atoms with Gasteiger partial charge in [-0.25, -0.2) is 4.39 Å². The second-order valence-corrected chi connectivity index (χ2v) is 7.11. The number of amides is 3. The number of hydrogen-bond donors (Lipinski definition) is 2. The van der Waals surface area contributed by atoms with Crippen LogP contribution in [0.15, 0.2) is 36.4 Å². The molecule has 2 aromatic carbocycles. The number of hydrogen-bond acceptors (Lipinski definition) is 6. The van der Waals surface area contributed by atoms with Crippen molar-refractivity contribution >= 4 is 17.7 Å². The summed E-state index contributed by atoms with van der Waals surface area (Å²) in [5.74, 6) is -1.62. The van der Waals surface area contributed by atoms with Crippen LogP contribution in [0.4, 0.5) is 4.39 Å². The Kier molecular flexibility index (Phi) is 4.90. The third kappa shape index (κ3) is 3.26. The first kappa shape index (κ1) is 19.8. The van der Waals surface area contributed by atoms with E-state index in [0.29, 0.717) is 17.1 Å². The van der Waals surface area contributed by atoms with E-state index in [0.717, 1.165) is 4.90 Å². The fraction of sp³-hybridized carbons (Fsp3) is 0.286. The molecule has 2 aromatic rings. The lowest BCUT2D eigenvalue weighted by Crippen LogP contribution is -2.63. The monoisotopic (exact) mass is 414 g/mol. The smallest absolute Gasteiger partial charge is 0.279 e. The lowest BCUT2D eigenvalue weighted by molar-refractivity contribution is -0.168. The van der Waals surface area contributed by atoms with Gasteiger partial charge in [-0.15, -0.1) is 0 Å². The lowest BCUT2D eigenvalue weighted by Gasteiger charge is -2.37. The Hall–Kier alpha value is -3.46. The molecule has 30 heavy (non-hydrogen) atoms. The Balaban J connectivity index is 1.58. The summed E-state index contributed by atoms with van der Waals surface area (Å²) in [5.41, 5.74) is -1.10. The Bertz CT molecular complexity index is 1060. The third-order valence-corrected chi connectivity index (χ3v) is 5.32. The lowest BCUT2D eigenvalue weighted by atomic mass is 10.00. The molecule has 2 heterocycles. The minimum absolute atomic E-state index is 0.0803. The molecule has 2 aliphatic heterocycles. The van der Waals surface area contributed by atoms with E-state index in [-0.39, 0.29) is 37.1 Å². The van der Waals surface area contributed by atoms with E-state index in [1.165, 1.54) is 25.3 Å². The second-order valence-electron chi connectivity index (χ2n) is 7.11. The number of ether oxygens (including phenoxy) is 2. The number of nitrogens with one attached hydrogen (secondary N) is 1. The van der Waals surface area contributed by atoms with Crippen LogP contribution in [0, 0.1) is 5.82 Å². The number of benzene rings is 2. The van der Waals surface area contributed by atoms with Gasteiger partial charge in [-0.2, -0.15) is 0 Å². The van der Waals surface area contributed by atoms with Gasteiger partial charge in [0.2, 0.25) is 11.6 Å². The maximum atomic E-state index is 14.1. The van der Waals surface area contributed by atoms with Gasteiger partial charge in [-0.1, -0.05) is 6.07 Å². The Morgan fingerprint density at radius 1 is 1.23 bits per heavy atom. The summed E-state index contributed by atoms with van der Waals surface area (Å²) >= 11 is 0. The average Bonchev–Trinajstić information content (AvgIpc) is 3.08. The van der Waals surface area contributed by atoms with Crippen LogP contribution in [0.3, 0.4) is 0 Å². The quantitative estimate of drug-likeness (QED) is 0.719. The van der Waals surface area contributed by atoms with Gasteiger partial charge in [0.05, 0.1) is 13.7 Å². The van der Waals surface area contributed by atoms with E-state index < -0.39 is 29.3 Å². The molecule has 1 fully saturated rings. The van der Waals surface area contributed by atoms with Gasteiger partial charge in [0, 0.05) is 29.5 Å². The number of nitrogens with zero attached hydrogens (tertiary/aromatic N) is 1. The molecule has 0 unspecified atom stereocenters. The van der Waals surface area contributed by atoms with E-state index in [1.807, 2.05) is 0 Å². The van der Waals surface area contributed by atoms with Crippen LogP contribution < -0.4 is 14.8 Å². The van der Waals surface area contributed by atoms with Gasteiger partial charge in [-0.3, -0.25) is 24.6 Å². The SMILES string of the molecule is COc1ccc(F)c(COc2cccc3c2CN([C@]2(O)CCC(=O)NC2=O)C3=O)c1. The molecule has 4 rings (SSSR count). The maximum absolute atomic E-state index is 14.1. The predicted molar refractivity (Wildman–Crippen MR) is 101 cm³/mol. The molecule has 1 saturated heterocycles. The van der Waals surface area contributed by atoms with Crippen molar-refractivity contribution < 1.29 is 33.4 Å². The minimum Gasteiger partial charge on any atom is -0.497 e. The summed E-state index contributed by atoms with van der Waals surface area (Å²) in [7, 11) is 1.47. The number of aliphatic hydroxyl groups is 1. The van der Waals surface area contributed by atoms with Crippen molar-refractivity contribution in [2.45, 2.75) is 31.7 Å². The average molecular weight is 414 g/mol. The zero-order valence-electron chi connectivity index (χ0n) is 16.1. The molecular formula is C21H19FN2O6. The Labute approximate surface area is 171 Å². The van der Waals surface area contributed by atoms with Crippen LogP contribution in [0.25, 0.3) is 0 Å². The highest BCUT2D eigenvalue weighted by Crippen LogP contribution is 2.37. The van der Waals surface area contributed by atoms with Crippen molar-refractivity contribution in [1.29, 1.82) is 0 Å². The maximum Gasteiger partial charge on any atom is 0.279 e. The summed E-state index contributed by atoms with van der Waals surface area (Å²) in [6, 6.07) is 9.08. The topological polar surface area (TPSA) is 105 Å². The standard InChI is InChI=1S/C21H19FN2O6/c1-29-13-5-6-16(22)12(9-13)11-30-17-4-2-3-14-15(17)10-24(19(14)26)21(28)8-7-18(25)23-20(21)27/h2-6,9,28H,7-8,10-11H2,1H3,(H,23,25,27)/t21-/m0/s1. The number of carbonyl (C=O) groups is 3. The summed E-state index contributed by atoms with van der Waals surface area (Å²) in [5, 5.41) is 12.9. The molecule has 0 spiro atoms. The van der Waals surface area contributed by atoms with Crippen molar-refractivity contribution in [3.05, 3.63) is 58.9 Å². The van der Waals surface area contributed by atoms with E-state index in [9.17, 15) is 23.9 Å². The zero-order chi connectivity index (χ0) is 21.5. The summed E-state index contributed by atoms with van der Waals surface area (Å²) < 4.78 is 24.9. The molecule has 156 valence electrons. The molecule has 8 nitrogen and oxygen atoms in total. The molecule has 0 bridgehead atoms. The zero-order valence-corrected chi connectivity index (χ0v) is 16.1. The molecule has 0 saturated carbocycles. The number of fused-ring (bicyclic) bond motifs is 1. The number of piperidine rings is 1. The van der Waals surface area contributed by atoms with Crippen molar-refractivity contribution in [2.75, 3.05) is 7.11 Å². The molecule has 0 aromatic heterocycles. The number of halogens is 1. The van der Waals surface area contributed by atoms with Crippen molar-refractivity contribution in [3.8, 4) is 11.5 Å². The first-order valence-corrected chi connectivity index (χ1v) is 9.29. The molecule has 9 heteroatoms. The van der Waals surface area contributed by atoms with Crippen LogP contribution in [-0.2, 0) is 22.7 Å². The van der Waals surface area contributed by atoms with Crippen molar-refractivity contribution in [3.63, 3.8) is 0 Å². The Morgan fingerprint density at radius 2 is 2.03 bits per heavy atom. The summed E-state index contributed by atoms with van der Waals surface area (Å²) in [6.07, 6.45) is -0.274. The Morgan fingerprint density at radius 3 is 2.77 bits per heavy atom. The van der Waals surface area contributed by atoms with Crippen molar-refractivity contribution in [1.82, 2.24) is 10.2 Å². The van der Waals surface area contributed by atoms with E-state index in [2.05, 4.69) is 5.32 Å². The van der Waals surface area contributed by atoms with E-state index >= 15 is 0 Å². The van der Waals surface area contributed by atoms with E-state index in [1.54, 1.807) is 18.2 Å². The van der Waals surface area contributed by atoms with Crippen LogP contribution in [-0.4, -0.2) is 40.6 Å². The molecule has 1 atom stereocenters. The summed E-state index contributed by atoms with van der Waals surface area (Å²) in [6.45, 7) is -0.185. The highest BCUT2D eigenvalue weighted by molar-refractivity contribution is 6.06. The van der Waals surface area contributed by atoms with Gasteiger partial charge in [-0.05, 0) is 30.3 Å². The number of carbonyl (C=O) groups excluding carboxylic acids is 3. The third-order valence-electron chi connectivity index (χ3n) is 5.32. The number of imide groups is 1. The van der Waals surface area contributed by atoms with Gasteiger partial charge in [0.1, 0.15) is 23.9 Å². The molecule has 2 aliphatic rings. The molecule has 3 amide bonds. The fourth-order valence-corrected chi connectivity index (χ4v) is 3.63. The van der Waals surface area contributed by atoms with Gasteiger partial charge in [0.15, 0.2) is 0 Å². The highest BCUT2D eigenvalue weighted by atomic mass is 19.1. The fourth-order valence-electron chi connectivity index (χ4n) is 3.63. The molecule has 0 aliphatic carbocycles. The van der Waals surface area contributed by atoms with Crippen LogP contribution >= 0.6 is 0 Å². The highest BCUT2D eigenvalue weighted by Gasteiger charge is 2.51. The number of methoxy groups -OCH3 is 1. The first-order valence-electron chi connectivity index (χ1n) is 9.29. The molecular weight excluding hydrogens is 395 g/mol. The van der Waals surface area contributed by atoms with Crippen LogP contribution in [0.5, 0.6) is 11.5 Å². The van der Waals surface area contributed by atoms with Gasteiger partial charge >= 0.3 is 0 Å². The first-order chi connectivity index (χ1) is 14.3. The largest absolute Gasteiger partial charge is 0.497 e. The predicted octanol–water partition coefficient (Wildman–Crippen LogP) is 1.49. The van der Waals surface area contributed by atoms with E-state index in [4.69, 9.17) is 9.47 Å². The summed E-state index contributed by atoms with van der Waals surface area (Å²) in [4.78, 5) is 37.5. The normalized spacial score (nSPS) is 20.8. The molecule has 2 N–H and O–H groups in total. The minimum atomic E-state index is -2.12. The van der Waals surface area contributed by atoms with Crippen molar-refractivity contribution in [2.24, 2.45) is 0 Å².